The first kappa shape index (κ1) is 9.64. The Morgan fingerprint density at radius 3 is 2.81 bits per heavy atom. The molecule has 0 bridgehead atoms. The summed E-state index contributed by atoms with van der Waals surface area (Å²) in [7, 11) is 0. The van der Waals surface area contributed by atoms with E-state index in [1.165, 1.54) is 11.1 Å². The van der Waals surface area contributed by atoms with Gasteiger partial charge in [0.1, 0.15) is 0 Å². The van der Waals surface area contributed by atoms with E-state index in [1.807, 2.05) is 18.2 Å². The monoisotopic (exact) mass is 214 g/mol. The molecule has 82 valence electrons. The molecule has 0 saturated carbocycles. The highest BCUT2D eigenvalue weighted by molar-refractivity contribution is 5.98. The van der Waals surface area contributed by atoms with Gasteiger partial charge in [-0.3, -0.25) is 4.79 Å². The smallest absolute Gasteiger partial charge is 0.198 e. The average Bonchev–Trinajstić information content (AvgIpc) is 2.69. The van der Waals surface area contributed by atoms with Crippen LogP contribution in [-0.4, -0.2) is 12.4 Å². The van der Waals surface area contributed by atoms with Gasteiger partial charge in [-0.2, -0.15) is 0 Å². The van der Waals surface area contributed by atoms with Crippen LogP contribution in [0.5, 0.6) is 0 Å². The maximum Gasteiger partial charge on any atom is 0.198 e. The standard InChI is InChI=1S/C14H14O2/c15-13-9-12(10-5-2-1-3-6-10)11-7-4-8-16-14(11)13/h1-3,5-6,12H,4,7-9H2/t12-/m0/s1. The van der Waals surface area contributed by atoms with Gasteiger partial charge in [-0.25, -0.2) is 0 Å². The van der Waals surface area contributed by atoms with Crippen LogP contribution in [0.2, 0.25) is 0 Å². The van der Waals surface area contributed by atoms with Gasteiger partial charge in [0.25, 0.3) is 0 Å². The van der Waals surface area contributed by atoms with E-state index in [0.717, 1.165) is 12.8 Å². The zero-order valence-corrected chi connectivity index (χ0v) is 9.11. The van der Waals surface area contributed by atoms with Crippen LogP contribution < -0.4 is 0 Å². The van der Waals surface area contributed by atoms with E-state index >= 15 is 0 Å². The summed E-state index contributed by atoms with van der Waals surface area (Å²) in [6.45, 7) is 0.700. The fourth-order valence-corrected chi connectivity index (χ4v) is 2.64. The van der Waals surface area contributed by atoms with Crippen LogP contribution in [0, 0.1) is 0 Å². The third-order valence-electron chi connectivity index (χ3n) is 3.39. The van der Waals surface area contributed by atoms with E-state index in [0.29, 0.717) is 18.8 Å². The van der Waals surface area contributed by atoms with E-state index in [4.69, 9.17) is 4.74 Å². The van der Waals surface area contributed by atoms with Crippen molar-refractivity contribution in [2.45, 2.75) is 25.2 Å². The molecule has 0 fully saturated rings. The molecule has 2 nitrogen and oxygen atoms in total. The Balaban J connectivity index is 1.99. The lowest BCUT2D eigenvalue weighted by molar-refractivity contribution is -0.118. The molecule has 1 aliphatic carbocycles. The summed E-state index contributed by atoms with van der Waals surface area (Å²) in [6, 6.07) is 10.3. The Morgan fingerprint density at radius 1 is 1.19 bits per heavy atom. The summed E-state index contributed by atoms with van der Waals surface area (Å²) < 4.78 is 5.50. The average molecular weight is 214 g/mol. The van der Waals surface area contributed by atoms with Crippen LogP contribution >= 0.6 is 0 Å². The van der Waals surface area contributed by atoms with Crippen molar-refractivity contribution >= 4 is 5.78 Å². The highest BCUT2D eigenvalue weighted by Gasteiger charge is 2.35. The van der Waals surface area contributed by atoms with Crippen molar-refractivity contribution in [3.63, 3.8) is 0 Å². The van der Waals surface area contributed by atoms with Crippen molar-refractivity contribution in [2.75, 3.05) is 6.61 Å². The first-order valence-corrected chi connectivity index (χ1v) is 5.80. The molecular weight excluding hydrogens is 200 g/mol. The number of ether oxygens (including phenoxy) is 1. The molecule has 16 heavy (non-hydrogen) atoms. The minimum atomic E-state index is 0.184. The molecule has 1 aromatic carbocycles. The lowest BCUT2D eigenvalue weighted by atomic mass is 9.90. The number of ketones is 1. The van der Waals surface area contributed by atoms with E-state index in [1.54, 1.807) is 0 Å². The largest absolute Gasteiger partial charge is 0.490 e. The molecule has 0 radical (unpaired) electrons. The van der Waals surface area contributed by atoms with Crippen molar-refractivity contribution in [1.82, 2.24) is 0 Å². The second-order valence-electron chi connectivity index (χ2n) is 4.40. The molecule has 0 spiro atoms. The zero-order chi connectivity index (χ0) is 11.0. The molecule has 0 unspecified atom stereocenters. The van der Waals surface area contributed by atoms with E-state index in [2.05, 4.69) is 12.1 Å². The predicted molar refractivity (Wildman–Crippen MR) is 61.0 cm³/mol. The van der Waals surface area contributed by atoms with Crippen LogP contribution in [0.25, 0.3) is 0 Å². The van der Waals surface area contributed by atoms with Gasteiger partial charge in [0.2, 0.25) is 0 Å². The Labute approximate surface area is 94.9 Å². The number of hydrogen-bond donors (Lipinski definition) is 0. The minimum absolute atomic E-state index is 0.184. The molecule has 1 aliphatic heterocycles. The van der Waals surface area contributed by atoms with Crippen LogP contribution in [0.15, 0.2) is 41.7 Å². The van der Waals surface area contributed by atoms with Crippen molar-refractivity contribution in [3.05, 3.63) is 47.2 Å². The van der Waals surface area contributed by atoms with Gasteiger partial charge < -0.3 is 4.74 Å². The summed E-state index contributed by atoms with van der Waals surface area (Å²) in [5.41, 5.74) is 2.47. The predicted octanol–water partition coefficient (Wildman–Crippen LogP) is 2.81. The summed E-state index contributed by atoms with van der Waals surface area (Å²) >= 11 is 0. The molecule has 1 atom stereocenters. The lowest BCUT2D eigenvalue weighted by Crippen LogP contribution is -2.08. The zero-order valence-electron chi connectivity index (χ0n) is 9.11. The second-order valence-corrected chi connectivity index (χ2v) is 4.40. The lowest BCUT2D eigenvalue weighted by Gasteiger charge is -2.19. The number of carbonyl (C=O) groups is 1. The highest BCUT2D eigenvalue weighted by Crippen LogP contribution is 2.41. The van der Waals surface area contributed by atoms with Crippen molar-refractivity contribution in [3.8, 4) is 0 Å². The molecular formula is C14H14O2. The maximum atomic E-state index is 11.8. The fourth-order valence-electron chi connectivity index (χ4n) is 2.64. The number of carbonyl (C=O) groups excluding carboxylic acids is 1. The normalized spacial score (nSPS) is 24.2. The molecule has 1 heterocycles. The third kappa shape index (κ3) is 1.45. The number of hydrogen-bond acceptors (Lipinski definition) is 2. The molecule has 2 aliphatic rings. The van der Waals surface area contributed by atoms with E-state index in [9.17, 15) is 4.79 Å². The maximum absolute atomic E-state index is 11.8. The van der Waals surface area contributed by atoms with Gasteiger partial charge in [-0.05, 0) is 24.0 Å². The molecule has 0 amide bonds. The summed E-state index contributed by atoms with van der Waals surface area (Å²) in [6.07, 6.45) is 2.64. The van der Waals surface area contributed by atoms with E-state index < -0.39 is 0 Å². The van der Waals surface area contributed by atoms with Crippen LogP contribution in [0.1, 0.15) is 30.7 Å². The number of benzene rings is 1. The van der Waals surface area contributed by atoms with Gasteiger partial charge >= 0.3 is 0 Å². The topological polar surface area (TPSA) is 26.3 Å². The molecule has 3 rings (SSSR count). The van der Waals surface area contributed by atoms with Crippen molar-refractivity contribution in [2.24, 2.45) is 0 Å². The Morgan fingerprint density at radius 2 is 2.00 bits per heavy atom. The Hall–Kier alpha value is -1.57. The number of Topliss-reactive ketones (excluding diaryl/α,β-unsaturated/α-hetero) is 1. The quantitative estimate of drug-likeness (QED) is 0.718. The summed E-state index contributed by atoms with van der Waals surface area (Å²) in [5, 5.41) is 0. The van der Waals surface area contributed by atoms with Gasteiger partial charge in [-0.15, -0.1) is 0 Å². The fraction of sp³-hybridized carbons (Fsp3) is 0.357. The van der Waals surface area contributed by atoms with Crippen molar-refractivity contribution < 1.29 is 9.53 Å². The van der Waals surface area contributed by atoms with Crippen LogP contribution in [0.4, 0.5) is 0 Å². The van der Waals surface area contributed by atoms with Crippen molar-refractivity contribution in [1.29, 1.82) is 0 Å². The van der Waals surface area contributed by atoms with Crippen LogP contribution in [-0.2, 0) is 9.53 Å². The number of rotatable bonds is 1. The third-order valence-corrected chi connectivity index (χ3v) is 3.39. The summed E-state index contributed by atoms with van der Waals surface area (Å²) in [4.78, 5) is 11.8. The van der Waals surface area contributed by atoms with Crippen LogP contribution in [0.3, 0.4) is 0 Å². The molecule has 0 aromatic heterocycles. The molecule has 1 aromatic rings. The number of allylic oxidation sites excluding steroid dienone is 2. The highest BCUT2D eigenvalue weighted by atomic mass is 16.5. The summed E-state index contributed by atoms with van der Waals surface area (Å²) in [5.74, 6) is 1.12. The van der Waals surface area contributed by atoms with Gasteiger partial charge in [0.05, 0.1) is 6.61 Å². The van der Waals surface area contributed by atoms with Gasteiger partial charge in [0, 0.05) is 12.3 Å². The van der Waals surface area contributed by atoms with Gasteiger partial charge in [-0.1, -0.05) is 30.3 Å². The van der Waals surface area contributed by atoms with E-state index in [-0.39, 0.29) is 11.7 Å². The minimum Gasteiger partial charge on any atom is -0.490 e. The van der Waals surface area contributed by atoms with Gasteiger partial charge in [0.15, 0.2) is 11.5 Å². The molecule has 0 saturated heterocycles. The first-order chi connectivity index (χ1) is 7.86. The molecule has 2 heteroatoms. The second kappa shape index (κ2) is 3.78. The first-order valence-electron chi connectivity index (χ1n) is 5.80. The molecule has 0 N–H and O–H groups in total. The Bertz CT molecular complexity index is 445. The SMILES string of the molecule is O=C1C[C@@H](c2ccccc2)C2=C1OCCC2. The Kier molecular flexibility index (Phi) is 2.28.